The summed E-state index contributed by atoms with van der Waals surface area (Å²) < 4.78 is 5.45. The Labute approximate surface area is 250 Å². The van der Waals surface area contributed by atoms with Crippen LogP contribution in [0.15, 0.2) is 114 Å². The maximum atomic E-state index is 13.4. The molecule has 0 aliphatic rings. The molecule has 0 bridgehead atoms. The van der Waals surface area contributed by atoms with Crippen molar-refractivity contribution in [1.82, 2.24) is 5.32 Å². The molecule has 0 aliphatic heterocycles. The molecule has 0 heterocycles. The summed E-state index contributed by atoms with van der Waals surface area (Å²) in [4.78, 5) is 40.0. The van der Waals surface area contributed by atoms with Crippen LogP contribution in [0.5, 0.6) is 5.75 Å². The first-order chi connectivity index (χ1) is 20.3. The first kappa shape index (κ1) is 30.1. The van der Waals surface area contributed by atoms with Crippen molar-refractivity contribution in [2.75, 3.05) is 17.2 Å². The van der Waals surface area contributed by atoms with Crippen molar-refractivity contribution in [2.24, 2.45) is 0 Å². The summed E-state index contributed by atoms with van der Waals surface area (Å²) in [6.45, 7) is 6.25. The minimum absolute atomic E-state index is 0.110. The minimum atomic E-state index is -0.467. The lowest BCUT2D eigenvalue weighted by molar-refractivity contribution is -0.115. The molecule has 8 heteroatoms. The van der Waals surface area contributed by atoms with Gasteiger partial charge in [-0.3, -0.25) is 14.4 Å². The molecular weight excluding hydrogens is 546 g/mol. The first-order valence-corrected chi connectivity index (χ1v) is 14.5. The molecule has 0 spiro atoms. The van der Waals surface area contributed by atoms with E-state index in [2.05, 4.69) is 16.0 Å². The molecule has 1 unspecified atom stereocenters. The van der Waals surface area contributed by atoms with Gasteiger partial charge in [-0.05, 0) is 92.6 Å². The summed E-state index contributed by atoms with van der Waals surface area (Å²) in [5, 5.41) is 8.18. The van der Waals surface area contributed by atoms with Crippen molar-refractivity contribution in [3.8, 4) is 5.75 Å². The molecule has 3 N–H and O–H groups in total. The fourth-order valence-electron chi connectivity index (χ4n) is 3.99. The second-order valence-corrected chi connectivity index (χ2v) is 10.8. The van der Waals surface area contributed by atoms with Crippen molar-refractivity contribution in [3.05, 3.63) is 126 Å². The third-order valence-corrected chi connectivity index (χ3v) is 7.32. The summed E-state index contributed by atoms with van der Waals surface area (Å²) in [5.41, 5.74) is 3.55. The van der Waals surface area contributed by atoms with Crippen molar-refractivity contribution >= 4 is 46.9 Å². The van der Waals surface area contributed by atoms with Crippen LogP contribution in [0.2, 0.25) is 0 Å². The lowest BCUT2D eigenvalue weighted by Crippen LogP contribution is -2.30. The van der Waals surface area contributed by atoms with Crippen molar-refractivity contribution in [3.63, 3.8) is 0 Å². The Hall–Kier alpha value is -4.82. The Morgan fingerprint density at radius 3 is 2.26 bits per heavy atom. The molecule has 7 nitrogen and oxygen atoms in total. The molecule has 3 amide bonds. The van der Waals surface area contributed by atoms with Gasteiger partial charge in [0.25, 0.3) is 11.8 Å². The van der Waals surface area contributed by atoms with E-state index in [4.69, 9.17) is 4.74 Å². The third kappa shape index (κ3) is 8.59. The van der Waals surface area contributed by atoms with Crippen LogP contribution < -0.4 is 20.7 Å². The number of aryl methyl sites for hydroxylation is 1. The standard InChI is InChI=1S/C34H33N3O4S/c1-4-41-29-19-17-27(18-20-29)35-32(38)24(3)42-30-16-10-15-28(22-30)36-34(40)31(21-26-14-9-8-11-23(26)2)37-33(39)25-12-6-5-7-13-25/h5-22,24H,4H2,1-3H3,(H,35,38)(H,36,40)(H,37,39)/b31-21-. The molecule has 4 rings (SSSR count). The van der Waals surface area contributed by atoms with Gasteiger partial charge in [-0.15, -0.1) is 11.8 Å². The van der Waals surface area contributed by atoms with Gasteiger partial charge in [0.15, 0.2) is 0 Å². The second kappa shape index (κ2) is 14.7. The van der Waals surface area contributed by atoms with E-state index in [1.54, 1.807) is 54.6 Å². The van der Waals surface area contributed by atoms with E-state index in [1.165, 1.54) is 11.8 Å². The maximum absolute atomic E-state index is 13.4. The van der Waals surface area contributed by atoms with E-state index in [-0.39, 0.29) is 17.5 Å². The SMILES string of the molecule is CCOc1ccc(NC(=O)C(C)Sc2cccc(NC(=O)/C(=C/c3ccccc3C)NC(=O)c3ccccc3)c2)cc1. The number of carbonyl (C=O) groups excluding carboxylic acids is 3. The van der Waals surface area contributed by atoms with Gasteiger partial charge in [0, 0.05) is 21.8 Å². The molecule has 214 valence electrons. The van der Waals surface area contributed by atoms with Gasteiger partial charge in [-0.2, -0.15) is 0 Å². The Morgan fingerprint density at radius 2 is 1.55 bits per heavy atom. The predicted molar refractivity (Wildman–Crippen MR) is 170 cm³/mol. The van der Waals surface area contributed by atoms with Gasteiger partial charge in [-0.25, -0.2) is 0 Å². The Bertz CT molecular complexity index is 1570. The predicted octanol–water partition coefficient (Wildman–Crippen LogP) is 6.92. The molecule has 0 radical (unpaired) electrons. The highest BCUT2D eigenvalue weighted by atomic mass is 32.2. The topological polar surface area (TPSA) is 96.5 Å². The van der Waals surface area contributed by atoms with Crippen LogP contribution in [-0.2, 0) is 9.59 Å². The first-order valence-electron chi connectivity index (χ1n) is 13.6. The van der Waals surface area contributed by atoms with E-state index in [0.29, 0.717) is 23.5 Å². The number of nitrogens with one attached hydrogen (secondary N) is 3. The quantitative estimate of drug-likeness (QED) is 0.132. The van der Waals surface area contributed by atoms with Crippen molar-refractivity contribution < 1.29 is 19.1 Å². The Morgan fingerprint density at radius 1 is 0.833 bits per heavy atom. The van der Waals surface area contributed by atoms with Crippen molar-refractivity contribution in [1.29, 1.82) is 0 Å². The van der Waals surface area contributed by atoms with E-state index in [9.17, 15) is 14.4 Å². The number of thioether (sulfide) groups is 1. The third-order valence-electron chi connectivity index (χ3n) is 6.22. The summed E-state index contributed by atoms with van der Waals surface area (Å²) in [7, 11) is 0. The van der Waals surface area contributed by atoms with E-state index < -0.39 is 11.2 Å². The Balaban J connectivity index is 1.45. The molecule has 42 heavy (non-hydrogen) atoms. The molecule has 0 aliphatic carbocycles. The number of carbonyl (C=O) groups is 3. The molecule has 0 saturated heterocycles. The average molecular weight is 580 g/mol. The van der Waals surface area contributed by atoms with Crippen LogP contribution in [0.25, 0.3) is 6.08 Å². The largest absolute Gasteiger partial charge is 0.494 e. The summed E-state index contributed by atoms with van der Waals surface area (Å²) in [6, 6.07) is 30.8. The lowest BCUT2D eigenvalue weighted by atomic mass is 10.1. The summed E-state index contributed by atoms with van der Waals surface area (Å²) in [5.74, 6) is -0.257. The zero-order valence-corrected chi connectivity index (χ0v) is 24.5. The zero-order valence-electron chi connectivity index (χ0n) is 23.7. The molecule has 0 aromatic heterocycles. The molecule has 0 fully saturated rings. The Kier molecular flexibility index (Phi) is 10.6. The van der Waals surface area contributed by atoms with Gasteiger partial charge in [0.2, 0.25) is 5.91 Å². The molecule has 0 saturated carbocycles. The molecule has 4 aromatic rings. The number of anilines is 2. The second-order valence-electron chi connectivity index (χ2n) is 9.42. The summed E-state index contributed by atoms with van der Waals surface area (Å²) in [6.07, 6.45) is 1.66. The number of amides is 3. The number of ether oxygens (including phenoxy) is 1. The molecule has 1 atom stereocenters. The van der Waals surface area contributed by atoms with Crippen LogP contribution >= 0.6 is 11.8 Å². The van der Waals surface area contributed by atoms with Crippen LogP contribution in [0.4, 0.5) is 11.4 Å². The van der Waals surface area contributed by atoms with Gasteiger partial charge in [-0.1, -0.05) is 48.5 Å². The number of rotatable bonds is 11. The minimum Gasteiger partial charge on any atom is -0.494 e. The van der Waals surface area contributed by atoms with Crippen LogP contribution in [0, 0.1) is 6.92 Å². The summed E-state index contributed by atoms with van der Waals surface area (Å²) >= 11 is 1.37. The highest BCUT2D eigenvalue weighted by Crippen LogP contribution is 2.27. The molecular formula is C34H33N3O4S. The number of benzene rings is 4. The van der Waals surface area contributed by atoms with E-state index >= 15 is 0 Å². The maximum Gasteiger partial charge on any atom is 0.272 e. The van der Waals surface area contributed by atoms with Crippen LogP contribution in [-0.4, -0.2) is 29.6 Å². The fraction of sp³-hybridized carbons (Fsp3) is 0.147. The van der Waals surface area contributed by atoms with Crippen LogP contribution in [0.3, 0.4) is 0 Å². The molecule has 4 aromatic carbocycles. The van der Waals surface area contributed by atoms with Crippen molar-refractivity contribution in [2.45, 2.75) is 30.9 Å². The van der Waals surface area contributed by atoms with Crippen LogP contribution in [0.1, 0.15) is 35.3 Å². The zero-order chi connectivity index (χ0) is 29.9. The highest BCUT2D eigenvalue weighted by Gasteiger charge is 2.18. The highest BCUT2D eigenvalue weighted by molar-refractivity contribution is 8.00. The van der Waals surface area contributed by atoms with E-state index in [1.807, 2.05) is 75.4 Å². The van der Waals surface area contributed by atoms with Gasteiger partial charge in [0.05, 0.1) is 11.9 Å². The normalized spacial score (nSPS) is 11.7. The fourth-order valence-corrected chi connectivity index (χ4v) is 4.92. The number of hydrogen-bond donors (Lipinski definition) is 3. The lowest BCUT2D eigenvalue weighted by Gasteiger charge is -2.14. The average Bonchev–Trinajstić information content (AvgIpc) is 2.99. The van der Waals surface area contributed by atoms with E-state index in [0.717, 1.165) is 21.8 Å². The van der Waals surface area contributed by atoms with Gasteiger partial charge < -0.3 is 20.7 Å². The monoisotopic (exact) mass is 579 g/mol. The van der Waals surface area contributed by atoms with Gasteiger partial charge in [0.1, 0.15) is 11.4 Å². The van der Waals surface area contributed by atoms with Gasteiger partial charge >= 0.3 is 0 Å². The smallest absolute Gasteiger partial charge is 0.272 e. The number of hydrogen-bond acceptors (Lipinski definition) is 5.